The van der Waals surface area contributed by atoms with E-state index in [1.165, 1.54) is 6.92 Å². The number of esters is 1. The fourth-order valence-corrected chi connectivity index (χ4v) is 3.33. The van der Waals surface area contributed by atoms with Crippen molar-refractivity contribution in [1.82, 2.24) is 14.1 Å². The lowest BCUT2D eigenvalue weighted by Crippen LogP contribution is -2.41. The number of nitrogens with zero attached hydrogens (tertiary/aromatic N) is 3. The molecule has 1 atom stereocenters. The van der Waals surface area contributed by atoms with Crippen molar-refractivity contribution < 1.29 is 27.1 Å². The first kappa shape index (κ1) is 22.9. The number of pyridine rings is 1. The van der Waals surface area contributed by atoms with E-state index < -0.39 is 46.0 Å². The van der Waals surface area contributed by atoms with Gasteiger partial charge in [0.1, 0.15) is 16.0 Å². The molecule has 0 radical (unpaired) electrons. The number of alkyl halides is 3. The zero-order valence-electron chi connectivity index (χ0n) is 15.2. The monoisotopic (exact) mass is 455 g/mol. The molecule has 0 aliphatic rings. The summed E-state index contributed by atoms with van der Waals surface area (Å²) >= 11 is 6.69. The Morgan fingerprint density at radius 1 is 1.34 bits per heavy atom. The Kier molecular flexibility index (Phi) is 6.78. The summed E-state index contributed by atoms with van der Waals surface area (Å²) in [5.74, 6) is -2.65. The van der Waals surface area contributed by atoms with Crippen LogP contribution in [-0.4, -0.2) is 31.9 Å². The molecule has 2 aromatic heterocycles. The largest absolute Gasteiger partial charge is 0.465 e. The van der Waals surface area contributed by atoms with Gasteiger partial charge in [0.05, 0.1) is 11.6 Å². The molecule has 1 unspecified atom stereocenters. The van der Waals surface area contributed by atoms with E-state index in [2.05, 4.69) is 4.98 Å². The number of halogens is 5. The van der Waals surface area contributed by atoms with Crippen LogP contribution < -0.4 is 11.2 Å². The standard InChI is InChI=1S/C16H14ClF4N3O4S/c1-4-28-14(26)7(2)29-13-8(17)5-9(18)12(22-13)24-11(25)6-10(16(19,20)21)23(3)15(24)27/h5-7H,4H2,1-3H3. The molecule has 2 heterocycles. The molecule has 158 valence electrons. The highest BCUT2D eigenvalue weighted by Gasteiger charge is 2.35. The van der Waals surface area contributed by atoms with Gasteiger partial charge in [-0.25, -0.2) is 18.7 Å². The average molecular weight is 456 g/mol. The molecule has 7 nitrogen and oxygen atoms in total. The Labute approximate surface area is 170 Å². The van der Waals surface area contributed by atoms with Crippen molar-refractivity contribution in [2.75, 3.05) is 6.61 Å². The van der Waals surface area contributed by atoms with Gasteiger partial charge in [-0.05, 0) is 19.9 Å². The summed E-state index contributed by atoms with van der Waals surface area (Å²) in [5.41, 5.74) is -4.37. The van der Waals surface area contributed by atoms with Gasteiger partial charge in [0.2, 0.25) is 0 Å². The summed E-state index contributed by atoms with van der Waals surface area (Å²) in [5, 5.41) is -1.15. The van der Waals surface area contributed by atoms with Crippen LogP contribution in [-0.2, 0) is 22.8 Å². The lowest BCUT2D eigenvalue weighted by atomic mass is 10.3. The van der Waals surface area contributed by atoms with Crippen LogP contribution >= 0.6 is 23.4 Å². The summed E-state index contributed by atoms with van der Waals surface area (Å²) in [6, 6.07) is 0.902. The predicted octanol–water partition coefficient (Wildman–Crippen LogP) is 2.79. The second-order valence-corrected chi connectivity index (χ2v) is 7.37. The van der Waals surface area contributed by atoms with Crippen LogP contribution in [0.25, 0.3) is 5.82 Å². The molecule has 0 amide bonds. The minimum atomic E-state index is -4.96. The zero-order valence-corrected chi connectivity index (χ0v) is 16.8. The van der Waals surface area contributed by atoms with Gasteiger partial charge >= 0.3 is 17.8 Å². The van der Waals surface area contributed by atoms with Crippen LogP contribution in [0.15, 0.2) is 26.7 Å². The van der Waals surface area contributed by atoms with Gasteiger partial charge in [-0.1, -0.05) is 23.4 Å². The first-order valence-electron chi connectivity index (χ1n) is 7.98. The Balaban J connectivity index is 2.62. The number of thioether (sulfide) groups is 1. The molecule has 2 rings (SSSR count). The molecule has 0 spiro atoms. The molecule has 29 heavy (non-hydrogen) atoms. The third-order valence-corrected chi connectivity index (χ3v) is 5.09. The minimum Gasteiger partial charge on any atom is -0.465 e. The van der Waals surface area contributed by atoms with Crippen LogP contribution in [0.5, 0.6) is 0 Å². The molecule has 0 aromatic carbocycles. The van der Waals surface area contributed by atoms with E-state index in [-0.39, 0.29) is 31.9 Å². The molecule has 0 bridgehead atoms. The number of rotatable bonds is 5. The molecular weight excluding hydrogens is 442 g/mol. The number of carbonyl (C=O) groups excluding carboxylic acids is 1. The Morgan fingerprint density at radius 3 is 2.52 bits per heavy atom. The molecule has 0 saturated carbocycles. The zero-order chi connectivity index (χ0) is 22.1. The fourth-order valence-electron chi connectivity index (χ4n) is 2.25. The van der Waals surface area contributed by atoms with Crippen molar-refractivity contribution in [3.8, 4) is 5.82 Å². The topological polar surface area (TPSA) is 83.2 Å². The highest BCUT2D eigenvalue weighted by Crippen LogP contribution is 2.31. The Morgan fingerprint density at radius 2 is 1.97 bits per heavy atom. The van der Waals surface area contributed by atoms with E-state index in [1.54, 1.807) is 6.92 Å². The van der Waals surface area contributed by atoms with Crippen molar-refractivity contribution in [2.45, 2.75) is 30.3 Å². The second kappa shape index (κ2) is 8.57. The summed E-state index contributed by atoms with van der Waals surface area (Å²) in [7, 11) is 0.785. The van der Waals surface area contributed by atoms with Gasteiger partial charge in [-0.15, -0.1) is 0 Å². The molecule has 0 N–H and O–H groups in total. The SMILES string of the molecule is CCOC(=O)C(C)Sc1nc(-n2c(=O)cc(C(F)(F)F)n(C)c2=O)c(F)cc1Cl. The molecule has 13 heteroatoms. The van der Waals surface area contributed by atoms with Crippen molar-refractivity contribution in [3.05, 3.63) is 49.5 Å². The smallest absolute Gasteiger partial charge is 0.431 e. The van der Waals surface area contributed by atoms with E-state index in [0.29, 0.717) is 0 Å². The van der Waals surface area contributed by atoms with E-state index in [9.17, 15) is 31.9 Å². The van der Waals surface area contributed by atoms with Crippen LogP contribution in [0.2, 0.25) is 5.02 Å². The van der Waals surface area contributed by atoms with Crippen molar-refractivity contribution >= 4 is 29.3 Å². The lowest BCUT2D eigenvalue weighted by Gasteiger charge is -2.15. The number of carbonyl (C=O) groups is 1. The van der Waals surface area contributed by atoms with Crippen LogP contribution in [0.4, 0.5) is 17.6 Å². The van der Waals surface area contributed by atoms with Crippen molar-refractivity contribution in [3.63, 3.8) is 0 Å². The van der Waals surface area contributed by atoms with Crippen molar-refractivity contribution in [1.29, 1.82) is 0 Å². The van der Waals surface area contributed by atoms with Crippen LogP contribution in [0, 0.1) is 5.82 Å². The molecule has 0 saturated heterocycles. The maximum Gasteiger partial charge on any atom is 0.431 e. The average Bonchev–Trinajstić information content (AvgIpc) is 2.60. The highest BCUT2D eigenvalue weighted by atomic mass is 35.5. The van der Waals surface area contributed by atoms with Gasteiger partial charge in [0, 0.05) is 13.1 Å². The van der Waals surface area contributed by atoms with Gasteiger partial charge in [0.15, 0.2) is 11.6 Å². The van der Waals surface area contributed by atoms with E-state index in [4.69, 9.17) is 16.3 Å². The molecular formula is C16H14ClF4N3O4S. The second-order valence-electron chi connectivity index (χ2n) is 5.64. The number of hydrogen-bond acceptors (Lipinski definition) is 6. The van der Waals surface area contributed by atoms with Gasteiger partial charge in [-0.2, -0.15) is 13.2 Å². The normalized spacial score (nSPS) is 12.7. The molecule has 2 aromatic rings. The van der Waals surface area contributed by atoms with Gasteiger partial charge < -0.3 is 4.74 Å². The number of aromatic nitrogens is 3. The first-order valence-corrected chi connectivity index (χ1v) is 9.24. The summed E-state index contributed by atoms with van der Waals surface area (Å²) in [4.78, 5) is 40.0. The summed E-state index contributed by atoms with van der Waals surface area (Å²) < 4.78 is 58.4. The van der Waals surface area contributed by atoms with Crippen LogP contribution in [0.3, 0.4) is 0 Å². The molecule has 0 fully saturated rings. The van der Waals surface area contributed by atoms with E-state index >= 15 is 0 Å². The Bertz CT molecular complexity index is 1070. The minimum absolute atomic E-state index is 0.113. The van der Waals surface area contributed by atoms with E-state index in [0.717, 1.165) is 24.9 Å². The maximum absolute atomic E-state index is 14.4. The predicted molar refractivity (Wildman–Crippen MR) is 97.0 cm³/mol. The molecule has 0 aliphatic heterocycles. The van der Waals surface area contributed by atoms with Crippen molar-refractivity contribution in [2.24, 2.45) is 7.05 Å². The highest BCUT2D eigenvalue weighted by molar-refractivity contribution is 8.00. The Hall–Kier alpha value is -2.34. The van der Waals surface area contributed by atoms with Gasteiger partial charge in [0.25, 0.3) is 5.56 Å². The maximum atomic E-state index is 14.4. The fraction of sp³-hybridized carbons (Fsp3) is 0.375. The van der Waals surface area contributed by atoms with Crippen LogP contribution in [0.1, 0.15) is 19.5 Å². The molecule has 0 aliphatic carbocycles. The summed E-state index contributed by atoms with van der Waals surface area (Å²) in [6.45, 7) is 3.19. The number of ether oxygens (including phenoxy) is 1. The number of hydrogen-bond donors (Lipinski definition) is 0. The first-order chi connectivity index (χ1) is 13.4. The van der Waals surface area contributed by atoms with E-state index in [1.807, 2.05) is 0 Å². The third kappa shape index (κ3) is 4.81. The third-order valence-electron chi connectivity index (χ3n) is 3.61. The summed E-state index contributed by atoms with van der Waals surface area (Å²) in [6.07, 6.45) is -4.96. The van der Waals surface area contributed by atoms with Gasteiger partial charge in [-0.3, -0.25) is 14.2 Å². The quantitative estimate of drug-likeness (QED) is 0.392. The lowest BCUT2D eigenvalue weighted by molar-refractivity contribution is -0.144.